The van der Waals surface area contributed by atoms with Crippen LogP contribution >= 0.6 is 11.6 Å². The molecule has 0 aliphatic heterocycles. The van der Waals surface area contributed by atoms with Crippen LogP contribution in [0.3, 0.4) is 0 Å². The summed E-state index contributed by atoms with van der Waals surface area (Å²) in [5.41, 5.74) is 2.56. The molecular weight excluding hydrogens is 274 g/mol. The topological polar surface area (TPSA) is 33.5 Å². The molecule has 0 N–H and O–H groups in total. The van der Waals surface area contributed by atoms with Gasteiger partial charge in [-0.25, -0.2) is 0 Å². The first-order valence-corrected chi connectivity index (χ1v) is 7.30. The van der Waals surface area contributed by atoms with E-state index >= 15 is 0 Å². The maximum atomic E-state index is 12.5. The Balaban J connectivity index is 1.98. The van der Waals surface area contributed by atoms with Crippen LogP contribution in [0, 0.1) is 19.8 Å². The fourth-order valence-corrected chi connectivity index (χ4v) is 2.65. The Morgan fingerprint density at radius 3 is 2.75 bits per heavy atom. The van der Waals surface area contributed by atoms with Crippen molar-refractivity contribution in [2.45, 2.75) is 26.7 Å². The number of amides is 1. The van der Waals surface area contributed by atoms with Gasteiger partial charge in [0.1, 0.15) is 5.58 Å². The number of aryl methyl sites for hydroxylation is 2. The van der Waals surface area contributed by atoms with Gasteiger partial charge in [0.05, 0.1) is 0 Å². The molecule has 1 heterocycles. The van der Waals surface area contributed by atoms with Crippen molar-refractivity contribution in [1.29, 1.82) is 0 Å². The normalized spacial score (nSPS) is 14.8. The first-order chi connectivity index (χ1) is 9.47. The van der Waals surface area contributed by atoms with Gasteiger partial charge in [0, 0.05) is 29.6 Å². The van der Waals surface area contributed by atoms with Gasteiger partial charge in [-0.15, -0.1) is 0 Å². The number of hydrogen-bond acceptors (Lipinski definition) is 2. The van der Waals surface area contributed by atoms with Crippen molar-refractivity contribution < 1.29 is 9.21 Å². The molecule has 2 aromatic rings. The zero-order chi connectivity index (χ0) is 14.4. The minimum Gasteiger partial charge on any atom is -0.451 e. The van der Waals surface area contributed by atoms with E-state index in [1.165, 1.54) is 12.8 Å². The van der Waals surface area contributed by atoms with Gasteiger partial charge in [-0.2, -0.15) is 0 Å². The van der Waals surface area contributed by atoms with Crippen LogP contribution in [0.25, 0.3) is 11.0 Å². The van der Waals surface area contributed by atoms with Crippen LogP contribution in [0.15, 0.2) is 16.5 Å². The predicted molar refractivity (Wildman–Crippen MR) is 80.4 cm³/mol. The molecular formula is C16H18ClNO2. The second-order valence-electron chi connectivity index (χ2n) is 5.78. The van der Waals surface area contributed by atoms with Crippen molar-refractivity contribution in [2.75, 3.05) is 13.6 Å². The summed E-state index contributed by atoms with van der Waals surface area (Å²) in [5.74, 6) is 1.06. The molecule has 1 aromatic carbocycles. The maximum absolute atomic E-state index is 12.5. The Hall–Kier alpha value is -1.48. The van der Waals surface area contributed by atoms with Crippen molar-refractivity contribution in [3.8, 4) is 0 Å². The summed E-state index contributed by atoms with van der Waals surface area (Å²) < 4.78 is 5.77. The van der Waals surface area contributed by atoms with E-state index in [1.54, 1.807) is 4.90 Å². The van der Waals surface area contributed by atoms with Gasteiger partial charge >= 0.3 is 0 Å². The highest BCUT2D eigenvalue weighted by Gasteiger charge is 2.27. The van der Waals surface area contributed by atoms with Crippen LogP contribution in [0.5, 0.6) is 0 Å². The van der Waals surface area contributed by atoms with Crippen LogP contribution in [0.1, 0.15) is 34.5 Å². The molecule has 0 radical (unpaired) electrons. The Kier molecular flexibility index (Phi) is 3.25. The van der Waals surface area contributed by atoms with Crippen LogP contribution in [0.4, 0.5) is 0 Å². The standard InChI is InChI=1S/C16H18ClNO2/c1-9-6-14-12(7-13(9)17)10(2)15(20-14)16(19)18(3)8-11-4-5-11/h6-7,11H,4-5,8H2,1-3H3. The predicted octanol–water partition coefficient (Wildman–Crippen LogP) is 4.19. The van der Waals surface area contributed by atoms with Gasteiger partial charge in [-0.05, 0) is 50.3 Å². The quantitative estimate of drug-likeness (QED) is 0.850. The average molecular weight is 292 g/mol. The van der Waals surface area contributed by atoms with E-state index in [2.05, 4.69) is 0 Å². The van der Waals surface area contributed by atoms with E-state index in [4.69, 9.17) is 16.0 Å². The zero-order valence-corrected chi connectivity index (χ0v) is 12.8. The number of nitrogens with zero attached hydrogens (tertiary/aromatic N) is 1. The highest BCUT2D eigenvalue weighted by molar-refractivity contribution is 6.32. The molecule has 0 bridgehead atoms. The summed E-state index contributed by atoms with van der Waals surface area (Å²) in [4.78, 5) is 14.2. The highest BCUT2D eigenvalue weighted by atomic mass is 35.5. The Bertz CT molecular complexity index is 685. The maximum Gasteiger partial charge on any atom is 0.289 e. The fraction of sp³-hybridized carbons (Fsp3) is 0.438. The second kappa shape index (κ2) is 4.81. The number of rotatable bonds is 3. The van der Waals surface area contributed by atoms with E-state index in [0.29, 0.717) is 16.7 Å². The number of fused-ring (bicyclic) bond motifs is 1. The molecule has 1 fully saturated rings. The fourth-order valence-electron chi connectivity index (χ4n) is 2.49. The van der Waals surface area contributed by atoms with Crippen molar-refractivity contribution in [1.82, 2.24) is 4.90 Å². The highest BCUT2D eigenvalue weighted by Crippen LogP contribution is 2.32. The van der Waals surface area contributed by atoms with Crippen LogP contribution < -0.4 is 0 Å². The summed E-state index contributed by atoms with van der Waals surface area (Å²) in [6, 6.07) is 3.77. The van der Waals surface area contributed by atoms with Crippen LogP contribution in [0.2, 0.25) is 5.02 Å². The molecule has 3 rings (SSSR count). The molecule has 106 valence electrons. The van der Waals surface area contributed by atoms with Gasteiger partial charge in [-0.1, -0.05) is 11.6 Å². The van der Waals surface area contributed by atoms with E-state index in [-0.39, 0.29) is 5.91 Å². The Labute approximate surface area is 123 Å². The Morgan fingerprint density at radius 2 is 2.10 bits per heavy atom. The lowest BCUT2D eigenvalue weighted by molar-refractivity contribution is 0.0758. The molecule has 1 aliphatic rings. The van der Waals surface area contributed by atoms with Gasteiger partial charge in [0.15, 0.2) is 5.76 Å². The summed E-state index contributed by atoms with van der Waals surface area (Å²) in [7, 11) is 1.84. The largest absolute Gasteiger partial charge is 0.451 e. The minimum atomic E-state index is -0.0422. The number of furan rings is 1. The smallest absolute Gasteiger partial charge is 0.289 e. The van der Waals surface area contributed by atoms with E-state index in [9.17, 15) is 4.79 Å². The van der Waals surface area contributed by atoms with Crippen molar-refractivity contribution in [3.05, 3.63) is 34.0 Å². The third-order valence-corrected chi connectivity index (χ3v) is 4.39. The average Bonchev–Trinajstić information content (AvgIpc) is 3.16. The number of halogens is 1. The van der Waals surface area contributed by atoms with Crippen molar-refractivity contribution in [2.24, 2.45) is 5.92 Å². The third kappa shape index (κ3) is 2.31. The van der Waals surface area contributed by atoms with E-state index in [1.807, 2.05) is 33.0 Å². The molecule has 0 spiro atoms. The second-order valence-corrected chi connectivity index (χ2v) is 6.19. The molecule has 0 atom stereocenters. The summed E-state index contributed by atoms with van der Waals surface area (Å²) in [6.45, 7) is 4.66. The number of carbonyl (C=O) groups excluding carboxylic acids is 1. The molecule has 1 amide bonds. The third-order valence-electron chi connectivity index (χ3n) is 3.99. The molecule has 0 saturated heterocycles. The summed E-state index contributed by atoms with van der Waals surface area (Å²) in [6.07, 6.45) is 2.46. The number of hydrogen-bond donors (Lipinski definition) is 0. The van der Waals surface area contributed by atoms with E-state index < -0.39 is 0 Å². The minimum absolute atomic E-state index is 0.0422. The molecule has 3 nitrogen and oxygen atoms in total. The lowest BCUT2D eigenvalue weighted by Gasteiger charge is -2.15. The number of carbonyl (C=O) groups is 1. The Morgan fingerprint density at radius 1 is 1.40 bits per heavy atom. The molecule has 1 aromatic heterocycles. The SMILES string of the molecule is Cc1cc2oc(C(=O)N(C)CC3CC3)c(C)c2cc1Cl. The van der Waals surface area contributed by atoms with Crippen molar-refractivity contribution >= 4 is 28.5 Å². The van der Waals surface area contributed by atoms with E-state index in [0.717, 1.165) is 28.6 Å². The summed E-state index contributed by atoms with van der Waals surface area (Å²) >= 11 is 6.15. The first kappa shape index (κ1) is 13.5. The monoisotopic (exact) mass is 291 g/mol. The lowest BCUT2D eigenvalue weighted by atomic mass is 10.1. The van der Waals surface area contributed by atoms with Gasteiger partial charge < -0.3 is 9.32 Å². The van der Waals surface area contributed by atoms with Crippen molar-refractivity contribution in [3.63, 3.8) is 0 Å². The number of benzene rings is 1. The zero-order valence-electron chi connectivity index (χ0n) is 12.0. The molecule has 4 heteroatoms. The lowest BCUT2D eigenvalue weighted by Crippen LogP contribution is -2.28. The van der Waals surface area contributed by atoms with Gasteiger partial charge in [0.2, 0.25) is 0 Å². The van der Waals surface area contributed by atoms with Crippen LogP contribution in [-0.4, -0.2) is 24.4 Å². The molecule has 1 saturated carbocycles. The first-order valence-electron chi connectivity index (χ1n) is 6.92. The summed E-state index contributed by atoms with van der Waals surface area (Å²) in [5, 5.41) is 1.62. The van der Waals surface area contributed by atoms with Gasteiger partial charge in [-0.3, -0.25) is 4.79 Å². The molecule has 0 unspecified atom stereocenters. The van der Waals surface area contributed by atoms with Gasteiger partial charge in [0.25, 0.3) is 5.91 Å². The molecule has 20 heavy (non-hydrogen) atoms. The van der Waals surface area contributed by atoms with Crippen LogP contribution in [-0.2, 0) is 0 Å². The molecule has 1 aliphatic carbocycles.